The van der Waals surface area contributed by atoms with Crippen molar-refractivity contribution in [2.24, 2.45) is 0 Å². The van der Waals surface area contributed by atoms with Crippen LogP contribution in [0.5, 0.6) is 0 Å². The first-order valence-electron chi connectivity index (χ1n) is 4.86. The van der Waals surface area contributed by atoms with Crippen LogP contribution >= 0.6 is 0 Å². The monoisotopic (exact) mass is 188 g/mol. The standard InChI is InChI=1S/C13H13F/c1-10(9-14)12-8-4-6-11-5-2-3-7-13(11)12/h2-8,10H,9H2,1H3. The van der Waals surface area contributed by atoms with Crippen molar-refractivity contribution in [1.29, 1.82) is 0 Å². The highest BCUT2D eigenvalue weighted by atomic mass is 19.1. The molecule has 2 aromatic rings. The number of hydrogen-bond acceptors (Lipinski definition) is 0. The van der Waals surface area contributed by atoms with Gasteiger partial charge in [-0.2, -0.15) is 0 Å². The smallest absolute Gasteiger partial charge is 0.0960 e. The van der Waals surface area contributed by atoms with Gasteiger partial charge in [-0.15, -0.1) is 0 Å². The molecule has 0 radical (unpaired) electrons. The minimum absolute atomic E-state index is 0.0129. The minimum Gasteiger partial charge on any atom is -0.250 e. The molecule has 0 aromatic heterocycles. The van der Waals surface area contributed by atoms with Crippen LogP contribution in [0.15, 0.2) is 42.5 Å². The molecule has 0 aliphatic rings. The Hall–Kier alpha value is -1.37. The summed E-state index contributed by atoms with van der Waals surface area (Å²) >= 11 is 0. The second kappa shape index (κ2) is 3.79. The minimum atomic E-state index is -0.298. The van der Waals surface area contributed by atoms with Crippen molar-refractivity contribution in [1.82, 2.24) is 0 Å². The maximum Gasteiger partial charge on any atom is 0.0960 e. The van der Waals surface area contributed by atoms with Crippen LogP contribution in [0.25, 0.3) is 10.8 Å². The molecule has 2 aromatic carbocycles. The second-order valence-corrected chi connectivity index (χ2v) is 3.62. The number of rotatable bonds is 2. The summed E-state index contributed by atoms with van der Waals surface area (Å²) in [5.41, 5.74) is 1.10. The number of fused-ring (bicyclic) bond motifs is 1. The predicted molar refractivity (Wildman–Crippen MR) is 58.3 cm³/mol. The largest absolute Gasteiger partial charge is 0.250 e. The van der Waals surface area contributed by atoms with Gasteiger partial charge in [-0.3, -0.25) is 4.39 Å². The molecule has 0 N–H and O–H groups in total. The average Bonchev–Trinajstić information content (AvgIpc) is 2.27. The molecule has 0 aliphatic heterocycles. The summed E-state index contributed by atoms with van der Waals surface area (Å²) in [7, 11) is 0. The highest BCUT2D eigenvalue weighted by Crippen LogP contribution is 2.25. The van der Waals surface area contributed by atoms with Crippen LogP contribution in [-0.4, -0.2) is 6.67 Å². The third-order valence-electron chi connectivity index (χ3n) is 2.59. The Morgan fingerprint density at radius 1 is 1.07 bits per heavy atom. The van der Waals surface area contributed by atoms with Gasteiger partial charge in [0.1, 0.15) is 0 Å². The number of alkyl halides is 1. The van der Waals surface area contributed by atoms with Crippen molar-refractivity contribution in [2.75, 3.05) is 6.67 Å². The zero-order valence-electron chi connectivity index (χ0n) is 8.20. The van der Waals surface area contributed by atoms with Gasteiger partial charge in [-0.05, 0) is 16.3 Å². The van der Waals surface area contributed by atoms with E-state index in [0.29, 0.717) is 0 Å². The maximum atomic E-state index is 12.6. The topological polar surface area (TPSA) is 0 Å². The molecule has 1 atom stereocenters. The van der Waals surface area contributed by atoms with E-state index in [9.17, 15) is 4.39 Å². The van der Waals surface area contributed by atoms with Gasteiger partial charge in [-0.25, -0.2) is 0 Å². The van der Waals surface area contributed by atoms with Gasteiger partial charge < -0.3 is 0 Å². The number of halogens is 1. The summed E-state index contributed by atoms with van der Waals surface area (Å²) in [6.07, 6.45) is 0. The molecule has 0 nitrogen and oxygen atoms in total. The van der Waals surface area contributed by atoms with Crippen LogP contribution < -0.4 is 0 Å². The third kappa shape index (κ3) is 1.50. The Balaban J connectivity index is 2.65. The summed E-state index contributed by atoms with van der Waals surface area (Å²) in [6, 6.07) is 14.2. The molecular weight excluding hydrogens is 175 g/mol. The second-order valence-electron chi connectivity index (χ2n) is 3.62. The van der Waals surface area contributed by atoms with Gasteiger partial charge in [0.25, 0.3) is 0 Å². The molecule has 14 heavy (non-hydrogen) atoms. The molecule has 0 amide bonds. The van der Waals surface area contributed by atoms with Gasteiger partial charge in [0.15, 0.2) is 0 Å². The molecule has 0 saturated heterocycles. The number of benzene rings is 2. The fraction of sp³-hybridized carbons (Fsp3) is 0.231. The molecule has 0 spiro atoms. The van der Waals surface area contributed by atoms with E-state index in [0.717, 1.165) is 5.56 Å². The zero-order valence-corrected chi connectivity index (χ0v) is 8.20. The molecule has 2 rings (SSSR count). The van der Waals surface area contributed by atoms with Crippen LogP contribution in [0.3, 0.4) is 0 Å². The molecule has 72 valence electrons. The number of hydrogen-bond donors (Lipinski definition) is 0. The van der Waals surface area contributed by atoms with Crippen LogP contribution in [0, 0.1) is 0 Å². The first kappa shape index (κ1) is 9.20. The van der Waals surface area contributed by atoms with E-state index in [1.165, 1.54) is 10.8 Å². The molecule has 0 aliphatic carbocycles. The van der Waals surface area contributed by atoms with E-state index in [-0.39, 0.29) is 12.6 Å². The lowest BCUT2D eigenvalue weighted by Crippen LogP contribution is -1.96. The highest BCUT2D eigenvalue weighted by molar-refractivity contribution is 5.86. The van der Waals surface area contributed by atoms with E-state index < -0.39 is 0 Å². The van der Waals surface area contributed by atoms with Gasteiger partial charge in [0.05, 0.1) is 6.67 Å². The van der Waals surface area contributed by atoms with Crippen molar-refractivity contribution >= 4 is 10.8 Å². The van der Waals surface area contributed by atoms with Gasteiger partial charge in [-0.1, -0.05) is 49.4 Å². The Labute approximate surface area is 83.4 Å². The molecular formula is C13H13F. The van der Waals surface area contributed by atoms with Crippen LogP contribution in [0.4, 0.5) is 4.39 Å². The van der Waals surface area contributed by atoms with Crippen LogP contribution in [0.1, 0.15) is 18.4 Å². The highest BCUT2D eigenvalue weighted by Gasteiger charge is 2.07. The quantitative estimate of drug-likeness (QED) is 0.670. The summed E-state index contributed by atoms with van der Waals surface area (Å²) in [5, 5.41) is 2.35. The molecule has 0 fully saturated rings. The fourth-order valence-electron chi connectivity index (χ4n) is 1.76. The van der Waals surface area contributed by atoms with Gasteiger partial charge >= 0.3 is 0 Å². The molecule has 1 unspecified atom stereocenters. The van der Waals surface area contributed by atoms with Crippen molar-refractivity contribution in [3.63, 3.8) is 0 Å². The van der Waals surface area contributed by atoms with Crippen LogP contribution in [0.2, 0.25) is 0 Å². The van der Waals surface area contributed by atoms with E-state index in [4.69, 9.17) is 0 Å². The fourth-order valence-corrected chi connectivity index (χ4v) is 1.76. The first-order chi connectivity index (χ1) is 6.83. The predicted octanol–water partition coefficient (Wildman–Crippen LogP) is 3.91. The molecule has 1 heteroatoms. The summed E-state index contributed by atoms with van der Waals surface area (Å²) in [4.78, 5) is 0. The molecule has 0 heterocycles. The Bertz CT molecular complexity index is 429. The Morgan fingerprint density at radius 3 is 2.57 bits per heavy atom. The normalized spacial score (nSPS) is 13.0. The van der Waals surface area contributed by atoms with Gasteiger partial charge in [0.2, 0.25) is 0 Å². The van der Waals surface area contributed by atoms with Crippen LogP contribution in [-0.2, 0) is 0 Å². The third-order valence-corrected chi connectivity index (χ3v) is 2.59. The van der Waals surface area contributed by atoms with Crippen molar-refractivity contribution in [2.45, 2.75) is 12.8 Å². The van der Waals surface area contributed by atoms with E-state index in [1.807, 2.05) is 31.2 Å². The van der Waals surface area contributed by atoms with Crippen molar-refractivity contribution in [3.05, 3.63) is 48.0 Å². The SMILES string of the molecule is CC(CF)c1cccc2ccccc12. The van der Waals surface area contributed by atoms with E-state index in [1.54, 1.807) is 0 Å². The zero-order chi connectivity index (χ0) is 9.97. The summed E-state index contributed by atoms with van der Waals surface area (Å²) in [5.74, 6) is -0.0129. The Kier molecular flexibility index (Phi) is 2.49. The lowest BCUT2D eigenvalue weighted by Gasteiger charge is -2.10. The first-order valence-corrected chi connectivity index (χ1v) is 4.86. The molecule has 0 saturated carbocycles. The average molecular weight is 188 g/mol. The lowest BCUT2D eigenvalue weighted by molar-refractivity contribution is 0.448. The van der Waals surface area contributed by atoms with Crippen molar-refractivity contribution in [3.8, 4) is 0 Å². The maximum absolute atomic E-state index is 12.6. The molecule has 0 bridgehead atoms. The lowest BCUT2D eigenvalue weighted by atomic mass is 9.96. The van der Waals surface area contributed by atoms with E-state index >= 15 is 0 Å². The van der Waals surface area contributed by atoms with Crippen molar-refractivity contribution < 1.29 is 4.39 Å². The van der Waals surface area contributed by atoms with E-state index in [2.05, 4.69) is 18.2 Å². The summed E-state index contributed by atoms with van der Waals surface area (Å²) < 4.78 is 12.6. The Morgan fingerprint density at radius 2 is 1.79 bits per heavy atom. The summed E-state index contributed by atoms with van der Waals surface area (Å²) in [6.45, 7) is 1.62. The van der Waals surface area contributed by atoms with Gasteiger partial charge in [0, 0.05) is 5.92 Å².